The molecule has 36 heavy (non-hydrogen) atoms. The molecule has 9 nitrogen and oxygen atoms in total. The monoisotopic (exact) mass is 572 g/mol. The number of benzene rings is 2. The standard InChI is InChI=1S/C25H27N6O3S.BrH/c1-18-14-19(2)24(20(3)15-18)35(33,34)30-23-6-4-21(5-7-23)16-27-25(28-17-26)29-22-8-10-31(11-9-22)12-13-32;/h4-11,14-15,30H,12-13,16H2,1-3H3,(H,27,28);1H/q-1;/p+1. The molecule has 190 valence electrons. The average molecular weight is 574 g/mol. The number of aryl methyl sites for hydroxylation is 3. The number of rotatable bonds is 8. The number of guanidine groups is 1. The van der Waals surface area contributed by atoms with Crippen LogP contribution in [-0.2, 0) is 23.1 Å². The van der Waals surface area contributed by atoms with E-state index in [1.807, 2.05) is 25.2 Å². The number of aromatic nitrogens is 1. The maximum absolute atomic E-state index is 13.0. The summed E-state index contributed by atoms with van der Waals surface area (Å²) in [6.07, 6.45) is 5.39. The average Bonchev–Trinajstić information content (AvgIpc) is 2.79. The molecule has 0 saturated heterocycles. The molecule has 0 bridgehead atoms. The third-order valence-corrected chi connectivity index (χ3v) is 6.86. The molecule has 0 amide bonds. The topological polar surface area (TPSA) is 133 Å². The normalized spacial score (nSPS) is 11.2. The van der Waals surface area contributed by atoms with Crippen molar-refractivity contribution in [3.63, 3.8) is 0 Å². The highest BCUT2D eigenvalue weighted by Gasteiger charge is 2.20. The first-order valence-electron chi connectivity index (χ1n) is 10.9. The molecule has 11 heteroatoms. The first-order chi connectivity index (χ1) is 16.7. The second-order valence-electron chi connectivity index (χ2n) is 8.09. The van der Waals surface area contributed by atoms with E-state index in [2.05, 4.69) is 20.3 Å². The molecule has 1 aromatic heterocycles. The van der Waals surface area contributed by atoms with Gasteiger partial charge in [0.2, 0.25) is 5.96 Å². The molecule has 0 fully saturated rings. The summed E-state index contributed by atoms with van der Waals surface area (Å²) >= 11 is 0. The first kappa shape index (κ1) is 28.8. The second kappa shape index (κ2) is 13.0. The van der Waals surface area contributed by atoms with Gasteiger partial charge in [0.25, 0.3) is 10.0 Å². The van der Waals surface area contributed by atoms with Crippen LogP contribution in [0.2, 0.25) is 0 Å². The molecule has 3 rings (SSSR count). The highest BCUT2D eigenvalue weighted by Crippen LogP contribution is 2.24. The van der Waals surface area contributed by atoms with Gasteiger partial charge in [0.05, 0.1) is 17.1 Å². The van der Waals surface area contributed by atoms with Crippen molar-refractivity contribution in [2.24, 2.45) is 4.99 Å². The Labute approximate surface area is 222 Å². The quantitative estimate of drug-likeness (QED) is 0.125. The highest BCUT2D eigenvalue weighted by molar-refractivity contribution is 8.93. The van der Waals surface area contributed by atoms with Gasteiger partial charge in [-0.25, -0.2) is 18.0 Å². The Kier molecular flexibility index (Phi) is 10.4. The van der Waals surface area contributed by atoms with E-state index in [1.165, 1.54) is 0 Å². The SMILES string of the molecule is Br.Cc1cc(C)c(S(=O)(=O)Nc2ccc(CN=C(NC#N)Nc3cc[n+](CC[O-])cc3)cc2)c(C)c1. The van der Waals surface area contributed by atoms with E-state index in [4.69, 9.17) is 5.26 Å². The van der Waals surface area contributed by atoms with E-state index in [9.17, 15) is 13.5 Å². The molecular formula is C25H29BrN6O3S. The summed E-state index contributed by atoms with van der Waals surface area (Å²) in [6, 6.07) is 14.2. The van der Waals surface area contributed by atoms with Gasteiger partial charge in [0.15, 0.2) is 18.6 Å². The van der Waals surface area contributed by atoms with Crippen molar-refractivity contribution in [2.75, 3.05) is 16.6 Å². The fraction of sp³-hybridized carbons (Fsp3) is 0.240. The van der Waals surface area contributed by atoms with Crippen molar-refractivity contribution in [1.29, 1.82) is 5.26 Å². The van der Waals surface area contributed by atoms with Gasteiger partial charge in [0, 0.05) is 17.8 Å². The maximum Gasteiger partial charge on any atom is 0.262 e. The fourth-order valence-corrected chi connectivity index (χ4v) is 5.25. The Hall–Kier alpha value is -3.46. The van der Waals surface area contributed by atoms with Gasteiger partial charge < -0.3 is 10.4 Å². The van der Waals surface area contributed by atoms with Crippen LogP contribution in [0.4, 0.5) is 11.4 Å². The third kappa shape index (κ3) is 7.78. The van der Waals surface area contributed by atoms with Crippen LogP contribution >= 0.6 is 17.0 Å². The fourth-order valence-electron chi connectivity index (χ4n) is 3.74. The van der Waals surface area contributed by atoms with E-state index in [0.717, 1.165) is 11.1 Å². The van der Waals surface area contributed by atoms with E-state index in [1.54, 1.807) is 67.2 Å². The third-order valence-electron chi connectivity index (χ3n) is 5.18. The molecule has 0 spiro atoms. The molecular weight excluding hydrogens is 544 g/mol. The van der Waals surface area contributed by atoms with Gasteiger partial charge in [-0.15, -0.1) is 17.0 Å². The summed E-state index contributed by atoms with van der Waals surface area (Å²) in [7, 11) is -3.73. The largest absolute Gasteiger partial charge is 0.850 e. The minimum absolute atomic E-state index is 0. The van der Waals surface area contributed by atoms with Crippen LogP contribution in [0, 0.1) is 32.2 Å². The Morgan fingerprint density at radius 3 is 2.19 bits per heavy atom. The van der Waals surface area contributed by atoms with Gasteiger partial charge in [0.1, 0.15) is 6.54 Å². The van der Waals surface area contributed by atoms with E-state index < -0.39 is 10.0 Å². The number of pyridine rings is 1. The summed E-state index contributed by atoms with van der Waals surface area (Å²) in [6.45, 7) is 5.96. The number of nitriles is 1. The van der Waals surface area contributed by atoms with Gasteiger partial charge in [-0.05, 0) is 49.6 Å². The van der Waals surface area contributed by atoms with Crippen molar-refractivity contribution in [3.05, 3.63) is 83.2 Å². The number of anilines is 2. The van der Waals surface area contributed by atoms with Crippen LogP contribution in [0.15, 0.2) is 70.8 Å². The van der Waals surface area contributed by atoms with Crippen molar-refractivity contribution >= 4 is 44.3 Å². The molecule has 0 atom stereocenters. The summed E-state index contributed by atoms with van der Waals surface area (Å²) in [5.41, 5.74) is 4.39. The molecule has 0 saturated carbocycles. The van der Waals surface area contributed by atoms with E-state index >= 15 is 0 Å². The van der Waals surface area contributed by atoms with E-state index in [0.29, 0.717) is 29.0 Å². The van der Waals surface area contributed by atoms with Crippen LogP contribution < -0.4 is 25.0 Å². The number of hydrogen-bond acceptors (Lipinski definition) is 5. The number of sulfonamides is 1. The molecule has 2 aromatic carbocycles. The number of nitrogens with zero attached hydrogens (tertiary/aromatic N) is 3. The molecule has 0 aliphatic rings. The second-order valence-corrected chi connectivity index (χ2v) is 9.70. The Morgan fingerprint density at radius 1 is 1.03 bits per heavy atom. The molecule has 3 N–H and O–H groups in total. The molecule has 0 radical (unpaired) electrons. The lowest BCUT2D eigenvalue weighted by atomic mass is 10.1. The van der Waals surface area contributed by atoms with Crippen LogP contribution in [-0.4, -0.2) is 21.0 Å². The number of halogens is 1. The lowest BCUT2D eigenvalue weighted by Crippen LogP contribution is -2.37. The predicted octanol–water partition coefficient (Wildman–Crippen LogP) is 2.68. The minimum Gasteiger partial charge on any atom is -0.850 e. The zero-order chi connectivity index (χ0) is 25.4. The Morgan fingerprint density at radius 2 is 1.64 bits per heavy atom. The molecule has 0 unspecified atom stereocenters. The van der Waals surface area contributed by atoms with Crippen molar-refractivity contribution in [1.82, 2.24) is 5.32 Å². The molecule has 0 aliphatic heterocycles. The van der Waals surface area contributed by atoms with Crippen molar-refractivity contribution in [2.45, 2.75) is 38.8 Å². The lowest BCUT2D eigenvalue weighted by Gasteiger charge is -2.14. The van der Waals surface area contributed by atoms with E-state index in [-0.39, 0.29) is 41.0 Å². The van der Waals surface area contributed by atoms with Gasteiger partial charge in [-0.1, -0.05) is 36.4 Å². The number of aliphatic imine (C=N–C) groups is 1. The Balaban J connectivity index is 0.00000456. The molecule has 0 aliphatic carbocycles. The maximum atomic E-state index is 13.0. The summed E-state index contributed by atoms with van der Waals surface area (Å²) in [4.78, 5) is 4.68. The number of nitrogens with one attached hydrogen (secondary N) is 3. The van der Waals surface area contributed by atoms with Crippen LogP contribution in [0.5, 0.6) is 0 Å². The minimum atomic E-state index is -3.73. The van der Waals surface area contributed by atoms with Crippen LogP contribution in [0.3, 0.4) is 0 Å². The first-order valence-corrected chi connectivity index (χ1v) is 12.4. The summed E-state index contributed by atoms with van der Waals surface area (Å²) < 4.78 is 30.3. The smallest absolute Gasteiger partial charge is 0.262 e. The molecule has 1 heterocycles. The zero-order valence-electron chi connectivity index (χ0n) is 20.3. The summed E-state index contributed by atoms with van der Waals surface area (Å²) in [5.74, 6) is 0.268. The van der Waals surface area contributed by atoms with Gasteiger partial charge in [-0.3, -0.25) is 10.0 Å². The lowest BCUT2D eigenvalue weighted by molar-refractivity contribution is -0.711. The Bertz CT molecular complexity index is 1330. The zero-order valence-corrected chi connectivity index (χ0v) is 22.8. The van der Waals surface area contributed by atoms with Crippen molar-refractivity contribution < 1.29 is 18.1 Å². The van der Waals surface area contributed by atoms with Crippen LogP contribution in [0.1, 0.15) is 22.3 Å². The predicted molar refractivity (Wildman–Crippen MR) is 143 cm³/mol. The van der Waals surface area contributed by atoms with Crippen molar-refractivity contribution in [3.8, 4) is 6.19 Å². The highest BCUT2D eigenvalue weighted by atomic mass is 79.9. The van der Waals surface area contributed by atoms with Gasteiger partial charge >= 0.3 is 0 Å². The number of hydrogen-bond donors (Lipinski definition) is 3. The summed E-state index contributed by atoms with van der Waals surface area (Å²) in [5, 5.41) is 25.3. The molecule has 3 aromatic rings. The van der Waals surface area contributed by atoms with Gasteiger partial charge in [-0.2, -0.15) is 5.26 Å². The van der Waals surface area contributed by atoms with Crippen LogP contribution in [0.25, 0.3) is 0 Å².